The number of nitrogens with zero attached hydrogens (tertiary/aromatic N) is 1. The van der Waals surface area contributed by atoms with E-state index in [1.54, 1.807) is 7.11 Å². The minimum Gasteiger partial charge on any atom is -0.468 e. The summed E-state index contributed by atoms with van der Waals surface area (Å²) in [6.07, 6.45) is 0. The third-order valence-corrected chi connectivity index (χ3v) is 2.68. The van der Waals surface area contributed by atoms with E-state index in [2.05, 4.69) is 4.98 Å². The molecule has 0 atom stereocenters. The van der Waals surface area contributed by atoms with E-state index < -0.39 is 0 Å². The molecule has 0 aliphatic rings. The van der Waals surface area contributed by atoms with Crippen LogP contribution in [-0.4, -0.2) is 12.1 Å². The minimum atomic E-state index is 0.462. The molecule has 3 rings (SSSR count). The van der Waals surface area contributed by atoms with Crippen LogP contribution >= 0.6 is 11.6 Å². The van der Waals surface area contributed by atoms with Gasteiger partial charge in [-0.2, -0.15) is 0 Å². The highest BCUT2D eigenvalue weighted by Crippen LogP contribution is 2.27. The van der Waals surface area contributed by atoms with Gasteiger partial charge in [0.2, 0.25) is 5.71 Å². The SMILES string of the molecule is COc1cc2cc3ccc(Cl)cc3nc2o1. The Morgan fingerprint density at radius 1 is 1.19 bits per heavy atom. The van der Waals surface area contributed by atoms with Gasteiger partial charge in [0.05, 0.1) is 12.6 Å². The third kappa shape index (κ3) is 1.41. The lowest BCUT2D eigenvalue weighted by Crippen LogP contribution is -1.78. The number of benzene rings is 1. The lowest BCUT2D eigenvalue weighted by atomic mass is 10.2. The minimum absolute atomic E-state index is 0.462. The second-order valence-electron chi connectivity index (χ2n) is 3.49. The van der Waals surface area contributed by atoms with Gasteiger partial charge in [-0.3, -0.25) is 0 Å². The summed E-state index contributed by atoms with van der Waals surface area (Å²) in [5.74, 6) is 0.462. The molecule has 3 nitrogen and oxygen atoms in total. The standard InChI is InChI=1S/C12H8ClNO2/c1-15-11-5-8-4-7-2-3-9(13)6-10(7)14-12(8)16-11/h2-6H,1H3. The number of hydrogen-bond acceptors (Lipinski definition) is 3. The normalized spacial score (nSPS) is 11.1. The molecule has 2 aromatic heterocycles. The summed E-state index contributed by atoms with van der Waals surface area (Å²) < 4.78 is 10.4. The smallest absolute Gasteiger partial charge is 0.286 e. The molecule has 0 N–H and O–H groups in total. The quantitative estimate of drug-likeness (QED) is 0.644. The van der Waals surface area contributed by atoms with Gasteiger partial charge in [0, 0.05) is 21.9 Å². The Bertz CT molecular complexity index is 675. The van der Waals surface area contributed by atoms with Crippen molar-refractivity contribution in [2.45, 2.75) is 0 Å². The van der Waals surface area contributed by atoms with Crippen LogP contribution in [0.2, 0.25) is 5.02 Å². The average molecular weight is 234 g/mol. The van der Waals surface area contributed by atoms with E-state index in [1.165, 1.54) is 0 Å². The summed E-state index contributed by atoms with van der Waals surface area (Å²) in [6.45, 7) is 0. The molecule has 1 aromatic carbocycles. The number of methoxy groups -OCH3 is 1. The monoisotopic (exact) mass is 233 g/mol. The van der Waals surface area contributed by atoms with Gasteiger partial charge in [-0.05, 0) is 18.2 Å². The van der Waals surface area contributed by atoms with Gasteiger partial charge in [0.25, 0.3) is 5.95 Å². The first-order valence-corrected chi connectivity index (χ1v) is 5.18. The fraction of sp³-hybridized carbons (Fsp3) is 0.0833. The van der Waals surface area contributed by atoms with Crippen LogP contribution < -0.4 is 4.74 Å². The lowest BCUT2D eigenvalue weighted by Gasteiger charge is -1.96. The molecular formula is C12H8ClNO2. The van der Waals surface area contributed by atoms with Crippen LogP contribution in [0.5, 0.6) is 5.95 Å². The summed E-state index contributed by atoms with van der Waals surface area (Å²) >= 11 is 5.91. The van der Waals surface area contributed by atoms with Crippen LogP contribution in [0.25, 0.3) is 22.0 Å². The van der Waals surface area contributed by atoms with Crippen molar-refractivity contribution in [3.63, 3.8) is 0 Å². The molecule has 3 aromatic rings. The van der Waals surface area contributed by atoms with Crippen molar-refractivity contribution in [2.24, 2.45) is 0 Å². The van der Waals surface area contributed by atoms with Gasteiger partial charge in [-0.25, -0.2) is 4.98 Å². The Kier molecular flexibility index (Phi) is 2.01. The van der Waals surface area contributed by atoms with Crippen molar-refractivity contribution in [1.82, 2.24) is 4.98 Å². The highest BCUT2D eigenvalue weighted by molar-refractivity contribution is 6.31. The molecule has 0 saturated carbocycles. The molecule has 4 heteroatoms. The summed E-state index contributed by atoms with van der Waals surface area (Å²) in [5, 5.41) is 2.62. The van der Waals surface area contributed by atoms with Crippen molar-refractivity contribution in [2.75, 3.05) is 7.11 Å². The molecule has 0 unspecified atom stereocenters. The number of ether oxygens (including phenoxy) is 1. The zero-order chi connectivity index (χ0) is 11.1. The zero-order valence-corrected chi connectivity index (χ0v) is 9.28. The predicted octanol–water partition coefficient (Wildman–Crippen LogP) is 3.64. The number of fused-ring (bicyclic) bond motifs is 2. The van der Waals surface area contributed by atoms with Crippen molar-refractivity contribution in [3.8, 4) is 5.95 Å². The predicted molar refractivity (Wildman–Crippen MR) is 63.1 cm³/mol. The Morgan fingerprint density at radius 2 is 2.06 bits per heavy atom. The summed E-state index contributed by atoms with van der Waals surface area (Å²) in [4.78, 5) is 4.38. The van der Waals surface area contributed by atoms with Crippen molar-refractivity contribution >= 4 is 33.6 Å². The topological polar surface area (TPSA) is 35.3 Å². The van der Waals surface area contributed by atoms with Gasteiger partial charge in [-0.15, -0.1) is 0 Å². The van der Waals surface area contributed by atoms with E-state index in [4.69, 9.17) is 20.8 Å². The van der Waals surface area contributed by atoms with Crippen molar-refractivity contribution in [1.29, 1.82) is 0 Å². The van der Waals surface area contributed by atoms with Crippen molar-refractivity contribution < 1.29 is 9.15 Å². The Labute approximate surface area is 96.6 Å². The number of halogens is 1. The van der Waals surface area contributed by atoms with E-state index >= 15 is 0 Å². The van der Waals surface area contributed by atoms with Crippen LogP contribution in [0.1, 0.15) is 0 Å². The molecule has 0 aliphatic carbocycles. The first kappa shape index (κ1) is 9.48. The Morgan fingerprint density at radius 3 is 2.88 bits per heavy atom. The maximum Gasteiger partial charge on any atom is 0.286 e. The third-order valence-electron chi connectivity index (χ3n) is 2.44. The first-order chi connectivity index (χ1) is 7.76. The van der Waals surface area contributed by atoms with Crippen LogP contribution in [0.3, 0.4) is 0 Å². The van der Waals surface area contributed by atoms with Gasteiger partial charge in [-0.1, -0.05) is 17.7 Å². The van der Waals surface area contributed by atoms with Gasteiger partial charge >= 0.3 is 0 Å². The van der Waals surface area contributed by atoms with Crippen LogP contribution in [-0.2, 0) is 0 Å². The fourth-order valence-corrected chi connectivity index (χ4v) is 1.84. The summed E-state index contributed by atoms with van der Waals surface area (Å²) in [7, 11) is 1.56. The molecule has 0 saturated heterocycles. The molecule has 0 radical (unpaired) electrons. The van der Waals surface area contributed by atoms with E-state index in [-0.39, 0.29) is 0 Å². The number of hydrogen-bond donors (Lipinski definition) is 0. The maximum atomic E-state index is 5.91. The molecule has 0 aliphatic heterocycles. The number of rotatable bonds is 1. The van der Waals surface area contributed by atoms with Gasteiger partial charge < -0.3 is 9.15 Å². The van der Waals surface area contributed by atoms with Gasteiger partial charge in [0.1, 0.15) is 0 Å². The average Bonchev–Trinajstić information content (AvgIpc) is 2.67. The number of pyridine rings is 1. The largest absolute Gasteiger partial charge is 0.468 e. The molecule has 0 bridgehead atoms. The fourth-order valence-electron chi connectivity index (χ4n) is 1.68. The molecule has 0 spiro atoms. The Hall–Kier alpha value is -1.74. The van der Waals surface area contributed by atoms with Gasteiger partial charge in [0.15, 0.2) is 0 Å². The molecule has 0 amide bonds. The van der Waals surface area contributed by atoms with E-state index in [0.717, 1.165) is 16.3 Å². The zero-order valence-electron chi connectivity index (χ0n) is 8.53. The molecule has 80 valence electrons. The van der Waals surface area contributed by atoms with Crippen molar-refractivity contribution in [3.05, 3.63) is 35.4 Å². The second-order valence-corrected chi connectivity index (χ2v) is 3.93. The van der Waals surface area contributed by atoms with E-state index in [1.807, 2.05) is 30.3 Å². The first-order valence-electron chi connectivity index (χ1n) is 4.80. The van der Waals surface area contributed by atoms with Crippen LogP contribution in [0, 0.1) is 0 Å². The Balaban J connectivity index is 2.37. The molecule has 16 heavy (non-hydrogen) atoms. The molecule has 0 fully saturated rings. The maximum absolute atomic E-state index is 5.91. The van der Waals surface area contributed by atoms with E-state index in [0.29, 0.717) is 16.7 Å². The number of furan rings is 1. The lowest BCUT2D eigenvalue weighted by molar-refractivity contribution is 0.314. The van der Waals surface area contributed by atoms with Crippen LogP contribution in [0.4, 0.5) is 0 Å². The molecule has 2 heterocycles. The van der Waals surface area contributed by atoms with Crippen LogP contribution in [0.15, 0.2) is 34.7 Å². The summed E-state index contributed by atoms with van der Waals surface area (Å²) in [6, 6.07) is 9.40. The highest BCUT2D eigenvalue weighted by atomic mass is 35.5. The molecular weight excluding hydrogens is 226 g/mol. The number of aromatic nitrogens is 1. The highest BCUT2D eigenvalue weighted by Gasteiger charge is 2.06. The van der Waals surface area contributed by atoms with E-state index in [9.17, 15) is 0 Å². The summed E-state index contributed by atoms with van der Waals surface area (Å²) in [5.41, 5.74) is 1.38. The second kappa shape index (κ2) is 3.39.